The van der Waals surface area contributed by atoms with E-state index in [0.29, 0.717) is 6.54 Å². The Labute approximate surface area is 104 Å². The average molecular weight is 236 g/mol. The summed E-state index contributed by atoms with van der Waals surface area (Å²) >= 11 is 0. The lowest BCUT2D eigenvalue weighted by atomic mass is 9.93. The van der Waals surface area contributed by atoms with Crippen molar-refractivity contribution in [1.82, 2.24) is 9.97 Å². The standard InChI is InChI=1S/C13H24N4/c1-6-17(9-13(4,5)8-14)12-11(3)15-7-10(2)16-12/h7H,6,8-9,14H2,1-5H3. The fourth-order valence-corrected chi connectivity index (χ4v) is 1.74. The Morgan fingerprint density at radius 2 is 2.00 bits per heavy atom. The van der Waals surface area contributed by atoms with Crippen molar-refractivity contribution in [1.29, 1.82) is 0 Å². The molecule has 17 heavy (non-hydrogen) atoms. The second-order valence-electron chi connectivity index (χ2n) is 5.30. The molecule has 4 nitrogen and oxygen atoms in total. The summed E-state index contributed by atoms with van der Waals surface area (Å²) in [7, 11) is 0. The number of rotatable bonds is 5. The summed E-state index contributed by atoms with van der Waals surface area (Å²) in [6.45, 7) is 12.9. The summed E-state index contributed by atoms with van der Waals surface area (Å²) in [4.78, 5) is 11.2. The van der Waals surface area contributed by atoms with Crippen molar-refractivity contribution in [2.24, 2.45) is 11.1 Å². The number of nitrogens with two attached hydrogens (primary N) is 1. The number of anilines is 1. The second-order valence-corrected chi connectivity index (χ2v) is 5.30. The van der Waals surface area contributed by atoms with Crippen LogP contribution in [0.15, 0.2) is 6.20 Å². The van der Waals surface area contributed by atoms with Crippen LogP contribution in [0.3, 0.4) is 0 Å². The largest absolute Gasteiger partial charge is 0.355 e. The third kappa shape index (κ3) is 3.66. The fourth-order valence-electron chi connectivity index (χ4n) is 1.74. The normalized spacial score (nSPS) is 11.6. The predicted molar refractivity (Wildman–Crippen MR) is 72.2 cm³/mol. The SMILES string of the molecule is CCN(CC(C)(C)CN)c1nc(C)cnc1C. The molecule has 0 aliphatic carbocycles. The minimum absolute atomic E-state index is 0.0911. The number of aromatic nitrogens is 2. The van der Waals surface area contributed by atoms with Gasteiger partial charge in [0, 0.05) is 19.3 Å². The lowest BCUT2D eigenvalue weighted by Crippen LogP contribution is -2.39. The zero-order chi connectivity index (χ0) is 13.1. The Balaban J connectivity index is 2.97. The molecular weight excluding hydrogens is 212 g/mol. The summed E-state index contributed by atoms with van der Waals surface area (Å²) in [6.07, 6.45) is 1.81. The first kappa shape index (κ1) is 13.9. The molecule has 0 saturated carbocycles. The van der Waals surface area contributed by atoms with Gasteiger partial charge in [-0.15, -0.1) is 0 Å². The second kappa shape index (κ2) is 5.45. The highest BCUT2D eigenvalue weighted by atomic mass is 15.2. The number of nitrogens with zero attached hydrogens (tertiary/aromatic N) is 3. The lowest BCUT2D eigenvalue weighted by Gasteiger charge is -2.32. The van der Waals surface area contributed by atoms with Crippen LogP contribution in [0.5, 0.6) is 0 Å². The monoisotopic (exact) mass is 236 g/mol. The van der Waals surface area contributed by atoms with E-state index in [1.54, 1.807) is 6.20 Å². The van der Waals surface area contributed by atoms with Crippen molar-refractivity contribution < 1.29 is 0 Å². The Morgan fingerprint density at radius 1 is 1.35 bits per heavy atom. The van der Waals surface area contributed by atoms with E-state index in [0.717, 1.165) is 30.3 Å². The molecule has 96 valence electrons. The van der Waals surface area contributed by atoms with Gasteiger partial charge in [-0.2, -0.15) is 0 Å². The highest BCUT2D eigenvalue weighted by Crippen LogP contribution is 2.21. The van der Waals surface area contributed by atoms with Crippen LogP contribution < -0.4 is 10.6 Å². The Bertz CT molecular complexity index is 374. The third-order valence-electron chi connectivity index (χ3n) is 2.90. The quantitative estimate of drug-likeness (QED) is 0.848. The van der Waals surface area contributed by atoms with Gasteiger partial charge in [0.25, 0.3) is 0 Å². The van der Waals surface area contributed by atoms with Gasteiger partial charge in [-0.25, -0.2) is 4.98 Å². The molecule has 0 radical (unpaired) electrons. The minimum Gasteiger partial charge on any atom is -0.355 e. The molecule has 0 unspecified atom stereocenters. The summed E-state index contributed by atoms with van der Waals surface area (Å²) in [6, 6.07) is 0. The fraction of sp³-hybridized carbons (Fsp3) is 0.692. The third-order valence-corrected chi connectivity index (χ3v) is 2.90. The summed E-state index contributed by atoms with van der Waals surface area (Å²) in [5, 5.41) is 0. The summed E-state index contributed by atoms with van der Waals surface area (Å²) < 4.78 is 0. The van der Waals surface area contributed by atoms with E-state index in [4.69, 9.17) is 5.73 Å². The smallest absolute Gasteiger partial charge is 0.150 e. The van der Waals surface area contributed by atoms with E-state index in [1.165, 1.54) is 0 Å². The van der Waals surface area contributed by atoms with Gasteiger partial charge in [0.15, 0.2) is 0 Å². The van der Waals surface area contributed by atoms with Gasteiger partial charge < -0.3 is 10.6 Å². The highest BCUT2D eigenvalue weighted by molar-refractivity contribution is 5.43. The van der Waals surface area contributed by atoms with E-state index in [9.17, 15) is 0 Å². The van der Waals surface area contributed by atoms with Crippen LogP contribution in [0.1, 0.15) is 32.2 Å². The molecule has 0 aliphatic heterocycles. The zero-order valence-corrected chi connectivity index (χ0v) is 11.6. The molecule has 4 heteroatoms. The molecule has 0 aromatic carbocycles. The molecule has 0 atom stereocenters. The first-order valence-corrected chi connectivity index (χ1v) is 6.15. The van der Waals surface area contributed by atoms with Crippen molar-refractivity contribution in [3.63, 3.8) is 0 Å². The molecule has 0 spiro atoms. The number of hydrogen-bond acceptors (Lipinski definition) is 4. The first-order valence-electron chi connectivity index (χ1n) is 6.15. The molecule has 1 heterocycles. The van der Waals surface area contributed by atoms with Gasteiger partial charge in [-0.3, -0.25) is 4.98 Å². The van der Waals surface area contributed by atoms with Gasteiger partial charge in [0.1, 0.15) is 5.82 Å². The number of hydrogen-bond donors (Lipinski definition) is 1. The van der Waals surface area contributed by atoms with E-state index in [2.05, 4.69) is 35.6 Å². The van der Waals surface area contributed by atoms with Gasteiger partial charge in [-0.05, 0) is 32.7 Å². The van der Waals surface area contributed by atoms with Gasteiger partial charge in [-0.1, -0.05) is 13.8 Å². The maximum Gasteiger partial charge on any atom is 0.150 e. The van der Waals surface area contributed by atoms with Gasteiger partial charge in [0.05, 0.1) is 11.4 Å². The molecule has 1 aromatic rings. The molecule has 0 bridgehead atoms. The molecule has 0 saturated heterocycles. The van der Waals surface area contributed by atoms with Crippen LogP contribution in [-0.4, -0.2) is 29.6 Å². The molecule has 2 N–H and O–H groups in total. The first-order chi connectivity index (χ1) is 7.89. The van der Waals surface area contributed by atoms with E-state index in [-0.39, 0.29) is 5.41 Å². The van der Waals surface area contributed by atoms with Crippen LogP contribution in [0.25, 0.3) is 0 Å². The number of aryl methyl sites for hydroxylation is 2. The van der Waals surface area contributed by atoms with Crippen LogP contribution >= 0.6 is 0 Å². The Morgan fingerprint density at radius 3 is 2.53 bits per heavy atom. The summed E-state index contributed by atoms with van der Waals surface area (Å²) in [5.74, 6) is 0.981. The molecule has 1 rings (SSSR count). The van der Waals surface area contributed by atoms with Crippen molar-refractivity contribution >= 4 is 5.82 Å². The maximum absolute atomic E-state index is 5.79. The maximum atomic E-state index is 5.79. The van der Waals surface area contributed by atoms with Crippen molar-refractivity contribution in [3.05, 3.63) is 17.6 Å². The Kier molecular flexibility index (Phi) is 4.46. The zero-order valence-electron chi connectivity index (χ0n) is 11.6. The van der Waals surface area contributed by atoms with Crippen molar-refractivity contribution in [2.75, 3.05) is 24.5 Å². The van der Waals surface area contributed by atoms with Gasteiger partial charge in [0.2, 0.25) is 0 Å². The Hall–Kier alpha value is -1.16. The molecule has 1 aromatic heterocycles. The lowest BCUT2D eigenvalue weighted by molar-refractivity contribution is 0.378. The molecule has 0 amide bonds. The van der Waals surface area contributed by atoms with E-state index in [1.807, 2.05) is 13.8 Å². The average Bonchev–Trinajstić information content (AvgIpc) is 2.29. The van der Waals surface area contributed by atoms with Gasteiger partial charge >= 0.3 is 0 Å². The molecule has 0 aliphatic rings. The van der Waals surface area contributed by atoms with Crippen LogP contribution in [0, 0.1) is 19.3 Å². The van der Waals surface area contributed by atoms with E-state index >= 15 is 0 Å². The molecular formula is C13H24N4. The molecule has 0 fully saturated rings. The predicted octanol–water partition coefficient (Wildman–Crippen LogP) is 1.90. The van der Waals surface area contributed by atoms with Crippen LogP contribution in [0.4, 0.5) is 5.82 Å². The van der Waals surface area contributed by atoms with Crippen molar-refractivity contribution in [2.45, 2.75) is 34.6 Å². The van der Waals surface area contributed by atoms with Crippen molar-refractivity contribution in [3.8, 4) is 0 Å². The highest BCUT2D eigenvalue weighted by Gasteiger charge is 2.21. The summed E-state index contributed by atoms with van der Waals surface area (Å²) in [5.41, 5.74) is 7.81. The topological polar surface area (TPSA) is 55.0 Å². The minimum atomic E-state index is 0.0911. The van der Waals surface area contributed by atoms with E-state index < -0.39 is 0 Å². The van der Waals surface area contributed by atoms with Crippen LogP contribution in [0.2, 0.25) is 0 Å². The van der Waals surface area contributed by atoms with Crippen LogP contribution in [-0.2, 0) is 0 Å².